The fraction of sp³-hybridized carbons (Fsp3) is 0.333. The van der Waals surface area contributed by atoms with Crippen molar-refractivity contribution in [2.45, 2.75) is 33.7 Å². The van der Waals surface area contributed by atoms with Crippen LogP contribution in [-0.2, 0) is 9.59 Å². The summed E-state index contributed by atoms with van der Waals surface area (Å²) < 4.78 is 5.86. The minimum Gasteiger partial charge on any atom is -0.491 e. The molecule has 0 spiro atoms. The van der Waals surface area contributed by atoms with E-state index >= 15 is 0 Å². The van der Waals surface area contributed by atoms with Gasteiger partial charge in [0.1, 0.15) is 18.4 Å². The number of carbonyl (C=O) groups is 2. The van der Waals surface area contributed by atoms with Gasteiger partial charge < -0.3 is 15.0 Å². The highest BCUT2D eigenvalue weighted by Crippen LogP contribution is 2.39. The van der Waals surface area contributed by atoms with Gasteiger partial charge in [0.2, 0.25) is 5.91 Å². The van der Waals surface area contributed by atoms with Crippen molar-refractivity contribution in [2.75, 3.05) is 18.1 Å². The normalized spacial score (nSPS) is 15.8. The second kappa shape index (κ2) is 7.20. The molecule has 0 aliphatic carbocycles. The Hall–Kier alpha value is -2.82. The summed E-state index contributed by atoms with van der Waals surface area (Å²) in [5, 5.41) is 2.78. The number of amides is 2. The van der Waals surface area contributed by atoms with E-state index in [9.17, 15) is 9.59 Å². The fourth-order valence-electron chi connectivity index (χ4n) is 3.51. The molecule has 5 heteroatoms. The number of hydrogen-bond acceptors (Lipinski definition) is 3. The zero-order valence-corrected chi connectivity index (χ0v) is 15.6. The van der Waals surface area contributed by atoms with Gasteiger partial charge in [0.05, 0.1) is 12.2 Å². The van der Waals surface area contributed by atoms with Crippen LogP contribution in [0.5, 0.6) is 5.75 Å². The number of aryl methyl sites for hydroxylation is 3. The molecule has 5 nitrogen and oxygen atoms in total. The Kier molecular flexibility index (Phi) is 4.98. The van der Waals surface area contributed by atoms with Gasteiger partial charge >= 0.3 is 0 Å². The van der Waals surface area contributed by atoms with E-state index in [4.69, 9.17) is 4.74 Å². The van der Waals surface area contributed by atoms with E-state index in [2.05, 4.69) is 11.4 Å². The minimum absolute atomic E-state index is 0.114. The van der Waals surface area contributed by atoms with Crippen LogP contribution in [0.4, 0.5) is 5.69 Å². The maximum atomic E-state index is 12.9. The van der Waals surface area contributed by atoms with E-state index in [0.717, 1.165) is 33.7 Å². The third kappa shape index (κ3) is 3.43. The molecule has 0 bridgehead atoms. The summed E-state index contributed by atoms with van der Waals surface area (Å²) in [4.78, 5) is 26.2. The Morgan fingerprint density at radius 1 is 1.15 bits per heavy atom. The van der Waals surface area contributed by atoms with E-state index in [0.29, 0.717) is 13.2 Å². The first kappa shape index (κ1) is 18.0. The van der Waals surface area contributed by atoms with Crippen LogP contribution in [0.25, 0.3) is 0 Å². The number of ether oxygens (including phenoxy) is 1. The summed E-state index contributed by atoms with van der Waals surface area (Å²) >= 11 is 0. The van der Waals surface area contributed by atoms with Crippen molar-refractivity contribution >= 4 is 17.5 Å². The SMILES string of the molecule is CC(=O)N[C@@H]1C(=O)N(CCOc2ccccc2C)c2c(C)cc(C)cc21. The van der Waals surface area contributed by atoms with E-state index in [1.54, 1.807) is 4.90 Å². The van der Waals surface area contributed by atoms with Crippen molar-refractivity contribution in [2.24, 2.45) is 0 Å². The second-order valence-corrected chi connectivity index (χ2v) is 6.76. The molecule has 0 saturated carbocycles. The van der Waals surface area contributed by atoms with Gasteiger partial charge in [-0.3, -0.25) is 9.59 Å². The number of nitrogens with one attached hydrogen (secondary N) is 1. The van der Waals surface area contributed by atoms with Gasteiger partial charge in [-0.1, -0.05) is 35.9 Å². The van der Waals surface area contributed by atoms with E-state index in [1.165, 1.54) is 6.92 Å². The molecule has 1 aliphatic heterocycles. The Morgan fingerprint density at radius 3 is 2.58 bits per heavy atom. The number of rotatable bonds is 5. The van der Waals surface area contributed by atoms with Gasteiger partial charge in [0, 0.05) is 12.5 Å². The molecule has 0 fully saturated rings. The Morgan fingerprint density at radius 2 is 1.88 bits per heavy atom. The Balaban J connectivity index is 1.82. The molecule has 0 unspecified atom stereocenters. The Bertz CT molecular complexity index is 860. The highest BCUT2D eigenvalue weighted by molar-refractivity contribution is 6.07. The molecular weight excluding hydrogens is 328 g/mol. The van der Waals surface area contributed by atoms with Crippen molar-refractivity contribution in [3.8, 4) is 5.75 Å². The van der Waals surface area contributed by atoms with Gasteiger partial charge in [0.15, 0.2) is 0 Å². The maximum absolute atomic E-state index is 12.9. The van der Waals surface area contributed by atoms with Gasteiger partial charge in [-0.2, -0.15) is 0 Å². The van der Waals surface area contributed by atoms with E-state index in [1.807, 2.05) is 51.1 Å². The molecule has 0 aromatic heterocycles. The molecule has 1 heterocycles. The maximum Gasteiger partial charge on any atom is 0.254 e. The van der Waals surface area contributed by atoms with Crippen LogP contribution < -0.4 is 15.0 Å². The molecule has 2 amide bonds. The van der Waals surface area contributed by atoms with Crippen molar-refractivity contribution in [1.82, 2.24) is 5.32 Å². The topological polar surface area (TPSA) is 58.6 Å². The van der Waals surface area contributed by atoms with Crippen LogP contribution in [0, 0.1) is 20.8 Å². The Labute approximate surface area is 154 Å². The number of fused-ring (bicyclic) bond motifs is 1. The molecule has 0 saturated heterocycles. The number of carbonyl (C=O) groups excluding carboxylic acids is 2. The van der Waals surface area contributed by atoms with Crippen molar-refractivity contribution in [3.05, 3.63) is 58.7 Å². The zero-order valence-electron chi connectivity index (χ0n) is 15.6. The van der Waals surface area contributed by atoms with Gasteiger partial charge in [-0.15, -0.1) is 0 Å². The van der Waals surface area contributed by atoms with Crippen LogP contribution >= 0.6 is 0 Å². The molecule has 3 rings (SSSR count). The van der Waals surface area contributed by atoms with E-state index in [-0.39, 0.29) is 11.8 Å². The quantitative estimate of drug-likeness (QED) is 0.899. The van der Waals surface area contributed by atoms with Crippen LogP contribution in [0.1, 0.15) is 35.2 Å². The van der Waals surface area contributed by atoms with Crippen molar-refractivity contribution in [1.29, 1.82) is 0 Å². The number of para-hydroxylation sites is 1. The first-order chi connectivity index (χ1) is 12.4. The molecule has 1 aliphatic rings. The molecule has 1 N–H and O–H groups in total. The third-order valence-corrected chi connectivity index (χ3v) is 4.58. The monoisotopic (exact) mass is 352 g/mol. The van der Waals surface area contributed by atoms with Crippen LogP contribution in [-0.4, -0.2) is 25.0 Å². The standard InChI is InChI=1S/C21H24N2O3/c1-13-11-15(3)20-17(12-13)19(22-16(4)24)21(25)23(20)9-10-26-18-8-6-5-7-14(18)2/h5-8,11-12,19H,9-10H2,1-4H3,(H,22,24)/t19-/m0/s1. The largest absolute Gasteiger partial charge is 0.491 e. The number of anilines is 1. The first-order valence-electron chi connectivity index (χ1n) is 8.76. The first-order valence-corrected chi connectivity index (χ1v) is 8.76. The summed E-state index contributed by atoms with van der Waals surface area (Å²) in [7, 11) is 0. The predicted octanol–water partition coefficient (Wildman–Crippen LogP) is 3.21. The van der Waals surface area contributed by atoms with Gasteiger partial charge in [0.25, 0.3) is 5.91 Å². The molecule has 26 heavy (non-hydrogen) atoms. The van der Waals surface area contributed by atoms with Crippen molar-refractivity contribution in [3.63, 3.8) is 0 Å². The number of hydrogen-bond donors (Lipinski definition) is 1. The lowest BCUT2D eigenvalue weighted by atomic mass is 10.0. The number of benzene rings is 2. The lowest BCUT2D eigenvalue weighted by Crippen LogP contribution is -2.38. The highest BCUT2D eigenvalue weighted by Gasteiger charge is 2.38. The van der Waals surface area contributed by atoms with Gasteiger partial charge in [-0.25, -0.2) is 0 Å². The molecular formula is C21H24N2O3. The van der Waals surface area contributed by atoms with Gasteiger partial charge in [-0.05, 0) is 38.0 Å². The minimum atomic E-state index is -0.625. The van der Waals surface area contributed by atoms with Crippen LogP contribution in [0.3, 0.4) is 0 Å². The summed E-state index contributed by atoms with van der Waals surface area (Å²) in [6.07, 6.45) is 0. The highest BCUT2D eigenvalue weighted by atomic mass is 16.5. The average molecular weight is 352 g/mol. The smallest absolute Gasteiger partial charge is 0.254 e. The fourth-order valence-corrected chi connectivity index (χ4v) is 3.51. The summed E-state index contributed by atoms with van der Waals surface area (Å²) in [5.74, 6) is 0.488. The zero-order chi connectivity index (χ0) is 18.8. The second-order valence-electron chi connectivity index (χ2n) is 6.76. The predicted molar refractivity (Wildman–Crippen MR) is 102 cm³/mol. The van der Waals surface area contributed by atoms with E-state index < -0.39 is 6.04 Å². The molecule has 1 atom stereocenters. The molecule has 2 aromatic carbocycles. The molecule has 2 aromatic rings. The molecule has 136 valence electrons. The third-order valence-electron chi connectivity index (χ3n) is 4.58. The van der Waals surface area contributed by atoms with Crippen LogP contribution in [0.15, 0.2) is 36.4 Å². The summed E-state index contributed by atoms with van der Waals surface area (Å²) in [6.45, 7) is 8.22. The summed E-state index contributed by atoms with van der Waals surface area (Å²) in [6, 6.07) is 11.2. The average Bonchev–Trinajstić information content (AvgIpc) is 2.82. The summed E-state index contributed by atoms with van der Waals surface area (Å²) in [5.41, 5.74) is 4.90. The lowest BCUT2D eigenvalue weighted by molar-refractivity contribution is -0.126. The number of nitrogens with zero attached hydrogens (tertiary/aromatic N) is 1. The van der Waals surface area contributed by atoms with Crippen LogP contribution in [0.2, 0.25) is 0 Å². The molecule has 0 radical (unpaired) electrons. The van der Waals surface area contributed by atoms with Crippen molar-refractivity contribution < 1.29 is 14.3 Å². The lowest BCUT2D eigenvalue weighted by Gasteiger charge is -2.20.